The summed E-state index contributed by atoms with van der Waals surface area (Å²) in [6.07, 6.45) is 1.88. The number of aliphatic hydroxyl groups is 1. The Morgan fingerprint density at radius 2 is 1.78 bits per heavy atom. The lowest BCUT2D eigenvalue weighted by Crippen LogP contribution is -2.12. The van der Waals surface area contributed by atoms with Crippen LogP contribution in [0.1, 0.15) is 19.4 Å². The standard InChI is InChI=1S/C29H26N2O4S/c1-4-31-23-9-7-6-8-21(23)22-16-18(10-15-24(22)31)17-25-27(32)26(29(33)35-5-2)28(36-25)30-19-11-13-20(34-3)14-12-19/h6-17,32H,4-5H2,1-3H3/b25-17-,30-28?. The molecule has 0 amide bonds. The van der Waals surface area contributed by atoms with Crippen LogP contribution in [0.25, 0.3) is 27.9 Å². The number of aliphatic hydroxyl groups excluding tert-OH is 1. The molecular weight excluding hydrogens is 472 g/mol. The van der Waals surface area contributed by atoms with Gasteiger partial charge in [0.25, 0.3) is 0 Å². The van der Waals surface area contributed by atoms with Gasteiger partial charge in [0.15, 0.2) is 0 Å². The monoisotopic (exact) mass is 498 g/mol. The summed E-state index contributed by atoms with van der Waals surface area (Å²) in [6.45, 7) is 4.95. The van der Waals surface area contributed by atoms with Crippen LogP contribution in [-0.4, -0.2) is 34.4 Å². The largest absolute Gasteiger partial charge is 0.506 e. The van der Waals surface area contributed by atoms with Gasteiger partial charge < -0.3 is 19.1 Å². The van der Waals surface area contributed by atoms with Crippen LogP contribution in [0.15, 0.2) is 88.0 Å². The number of hydrogen-bond donors (Lipinski definition) is 1. The molecule has 0 saturated heterocycles. The third-order valence-electron chi connectivity index (χ3n) is 6.08. The number of ether oxygens (including phenoxy) is 2. The van der Waals surface area contributed by atoms with Crippen LogP contribution >= 0.6 is 11.8 Å². The van der Waals surface area contributed by atoms with E-state index in [0.717, 1.165) is 23.0 Å². The average molecular weight is 499 g/mol. The second-order valence-electron chi connectivity index (χ2n) is 8.21. The number of para-hydroxylation sites is 1. The predicted molar refractivity (Wildman–Crippen MR) is 147 cm³/mol. The molecule has 1 aliphatic rings. The van der Waals surface area contributed by atoms with E-state index in [0.29, 0.717) is 21.4 Å². The van der Waals surface area contributed by atoms with E-state index >= 15 is 0 Å². The molecular formula is C29H26N2O4S. The van der Waals surface area contributed by atoms with Crippen molar-refractivity contribution in [3.05, 3.63) is 88.5 Å². The summed E-state index contributed by atoms with van der Waals surface area (Å²) in [5.74, 6) is -0.0103. The second-order valence-corrected chi connectivity index (χ2v) is 9.24. The van der Waals surface area contributed by atoms with E-state index < -0.39 is 5.97 Å². The van der Waals surface area contributed by atoms with Crippen molar-refractivity contribution in [1.29, 1.82) is 0 Å². The number of aryl methyl sites for hydroxylation is 1. The summed E-state index contributed by atoms with van der Waals surface area (Å²) in [5, 5.41) is 13.8. The van der Waals surface area contributed by atoms with Crippen molar-refractivity contribution >= 4 is 56.3 Å². The maximum Gasteiger partial charge on any atom is 0.344 e. The van der Waals surface area contributed by atoms with Crippen molar-refractivity contribution in [2.24, 2.45) is 4.99 Å². The first-order valence-corrected chi connectivity index (χ1v) is 12.6. The van der Waals surface area contributed by atoms with Crippen LogP contribution in [0.3, 0.4) is 0 Å². The fourth-order valence-corrected chi connectivity index (χ4v) is 5.45. The van der Waals surface area contributed by atoms with Gasteiger partial charge in [-0.25, -0.2) is 9.79 Å². The zero-order chi connectivity index (χ0) is 25.2. The van der Waals surface area contributed by atoms with Crippen LogP contribution in [0.2, 0.25) is 0 Å². The minimum absolute atomic E-state index is 0.0765. The predicted octanol–water partition coefficient (Wildman–Crippen LogP) is 7.02. The molecule has 182 valence electrons. The molecule has 3 aromatic carbocycles. The first-order valence-electron chi connectivity index (χ1n) is 11.8. The number of nitrogens with zero attached hydrogens (tertiary/aromatic N) is 2. The van der Waals surface area contributed by atoms with Gasteiger partial charge in [-0.05, 0) is 68.0 Å². The fourth-order valence-electron chi connectivity index (χ4n) is 4.42. The highest BCUT2D eigenvalue weighted by molar-refractivity contribution is 8.18. The van der Waals surface area contributed by atoms with Crippen molar-refractivity contribution in [2.45, 2.75) is 20.4 Å². The molecule has 0 fully saturated rings. The van der Waals surface area contributed by atoms with Gasteiger partial charge in [0.05, 0.1) is 24.3 Å². The number of aromatic nitrogens is 1. The van der Waals surface area contributed by atoms with Crippen LogP contribution in [-0.2, 0) is 16.1 Å². The number of rotatable bonds is 6. The average Bonchev–Trinajstić information content (AvgIpc) is 3.38. The number of carbonyl (C=O) groups is 1. The van der Waals surface area contributed by atoms with Gasteiger partial charge >= 0.3 is 5.97 Å². The quantitative estimate of drug-likeness (QED) is 0.289. The molecule has 0 atom stereocenters. The Morgan fingerprint density at radius 3 is 2.50 bits per heavy atom. The number of thioether (sulfide) groups is 1. The zero-order valence-corrected chi connectivity index (χ0v) is 21.1. The minimum Gasteiger partial charge on any atom is -0.506 e. The van der Waals surface area contributed by atoms with E-state index in [1.807, 2.05) is 18.2 Å². The lowest BCUT2D eigenvalue weighted by atomic mass is 10.1. The number of hydrogen-bond acceptors (Lipinski definition) is 6. The Kier molecular flexibility index (Phi) is 6.57. The first-order chi connectivity index (χ1) is 17.5. The lowest BCUT2D eigenvalue weighted by Gasteiger charge is -2.04. The van der Waals surface area contributed by atoms with E-state index in [-0.39, 0.29) is 17.9 Å². The number of benzene rings is 3. The molecule has 0 saturated carbocycles. The Hall–Kier alpha value is -3.97. The fraction of sp³-hybridized carbons (Fsp3) is 0.172. The highest BCUT2D eigenvalue weighted by Crippen LogP contribution is 2.41. The summed E-state index contributed by atoms with van der Waals surface area (Å²) >= 11 is 1.25. The van der Waals surface area contributed by atoms with E-state index in [2.05, 4.69) is 46.8 Å². The maximum absolute atomic E-state index is 12.7. The first kappa shape index (κ1) is 23.8. The normalized spacial score (nSPS) is 16.0. The van der Waals surface area contributed by atoms with Gasteiger partial charge in [-0.1, -0.05) is 36.0 Å². The molecule has 6 nitrogen and oxygen atoms in total. The highest BCUT2D eigenvalue weighted by Gasteiger charge is 2.33. The van der Waals surface area contributed by atoms with Crippen molar-refractivity contribution in [3.8, 4) is 5.75 Å². The van der Waals surface area contributed by atoms with Gasteiger partial charge in [-0.3, -0.25) is 0 Å². The number of methoxy groups -OCH3 is 1. The van der Waals surface area contributed by atoms with E-state index in [1.165, 1.54) is 22.7 Å². The summed E-state index contributed by atoms with van der Waals surface area (Å²) in [4.78, 5) is 17.9. The van der Waals surface area contributed by atoms with E-state index in [4.69, 9.17) is 9.47 Å². The molecule has 0 bridgehead atoms. The smallest absolute Gasteiger partial charge is 0.344 e. The summed E-state index contributed by atoms with van der Waals surface area (Å²) in [5.41, 5.74) is 3.99. The third kappa shape index (κ3) is 4.27. The Morgan fingerprint density at radius 1 is 1.03 bits per heavy atom. The van der Waals surface area contributed by atoms with Crippen molar-refractivity contribution < 1.29 is 19.4 Å². The highest BCUT2D eigenvalue weighted by atomic mass is 32.2. The molecule has 0 radical (unpaired) electrons. The van der Waals surface area contributed by atoms with Gasteiger partial charge in [0, 0.05) is 28.4 Å². The molecule has 0 unspecified atom stereocenters. The SMILES string of the molecule is CCOC(=O)C1=C(O)/C(=C/c2ccc3c(c2)c2ccccc2n3CC)SC1=Nc1ccc(OC)cc1. The summed E-state index contributed by atoms with van der Waals surface area (Å²) in [7, 11) is 1.60. The third-order valence-corrected chi connectivity index (χ3v) is 7.10. The van der Waals surface area contributed by atoms with Crippen molar-refractivity contribution in [3.63, 3.8) is 0 Å². The van der Waals surface area contributed by atoms with Crippen LogP contribution < -0.4 is 4.74 Å². The minimum atomic E-state index is -0.598. The topological polar surface area (TPSA) is 73.0 Å². The Balaban J connectivity index is 1.58. The molecule has 7 heteroatoms. The number of aliphatic imine (C=N–C) groups is 1. The van der Waals surface area contributed by atoms with E-state index in [1.54, 1.807) is 38.3 Å². The summed E-state index contributed by atoms with van der Waals surface area (Å²) in [6, 6.07) is 21.8. The van der Waals surface area contributed by atoms with Crippen molar-refractivity contribution in [1.82, 2.24) is 4.57 Å². The lowest BCUT2D eigenvalue weighted by molar-refractivity contribution is -0.138. The second kappa shape index (κ2) is 9.95. The number of fused-ring (bicyclic) bond motifs is 3. The van der Waals surface area contributed by atoms with E-state index in [9.17, 15) is 9.90 Å². The molecule has 0 aliphatic carbocycles. The van der Waals surface area contributed by atoms with Crippen LogP contribution in [0.5, 0.6) is 5.75 Å². The van der Waals surface area contributed by atoms with Gasteiger partial charge in [0.2, 0.25) is 0 Å². The van der Waals surface area contributed by atoms with Gasteiger partial charge in [0.1, 0.15) is 22.1 Å². The molecule has 1 aliphatic heterocycles. The van der Waals surface area contributed by atoms with Crippen LogP contribution in [0.4, 0.5) is 5.69 Å². The molecule has 5 rings (SSSR count). The molecule has 4 aromatic rings. The number of esters is 1. The zero-order valence-electron chi connectivity index (χ0n) is 20.3. The van der Waals surface area contributed by atoms with Gasteiger partial charge in [-0.2, -0.15) is 0 Å². The Labute approximate surface area is 213 Å². The molecule has 2 heterocycles. The van der Waals surface area contributed by atoms with Crippen molar-refractivity contribution in [2.75, 3.05) is 13.7 Å². The van der Waals surface area contributed by atoms with Crippen LogP contribution in [0, 0.1) is 0 Å². The summed E-state index contributed by atoms with van der Waals surface area (Å²) < 4.78 is 12.7. The van der Waals surface area contributed by atoms with Gasteiger partial charge in [-0.15, -0.1) is 0 Å². The molecule has 0 spiro atoms. The molecule has 1 aromatic heterocycles. The maximum atomic E-state index is 12.7. The molecule has 1 N–H and O–H groups in total. The Bertz CT molecular complexity index is 1560. The number of carbonyl (C=O) groups excluding carboxylic acids is 1. The molecule has 36 heavy (non-hydrogen) atoms.